The number of nitrogens with zero attached hydrogens (tertiary/aromatic N) is 1. The summed E-state index contributed by atoms with van der Waals surface area (Å²) in [6.07, 6.45) is -0.619. The van der Waals surface area contributed by atoms with Crippen LogP contribution in [0.15, 0.2) is 48.5 Å². The Kier molecular flexibility index (Phi) is 4.55. The van der Waals surface area contributed by atoms with Crippen LogP contribution in [-0.2, 0) is 0 Å². The highest BCUT2D eigenvalue weighted by Gasteiger charge is 2.14. The van der Waals surface area contributed by atoms with E-state index in [9.17, 15) is 14.3 Å². The second-order valence-corrected chi connectivity index (χ2v) is 4.74. The predicted molar refractivity (Wildman–Crippen MR) is 80.9 cm³/mol. The first-order chi connectivity index (χ1) is 9.99. The number of para-hydroxylation sites is 1. The monoisotopic (exact) mass is 288 g/mol. The normalized spacial score (nSPS) is 11.8. The minimum Gasteiger partial charge on any atom is -0.389 e. The number of carbonyl (C=O) groups is 1. The van der Waals surface area contributed by atoms with Crippen molar-refractivity contribution in [2.45, 2.75) is 13.0 Å². The molecule has 21 heavy (non-hydrogen) atoms. The van der Waals surface area contributed by atoms with Gasteiger partial charge in [0.15, 0.2) is 0 Å². The molecular formula is C16H17FN2O2. The van der Waals surface area contributed by atoms with Crippen LogP contribution in [0.5, 0.6) is 0 Å². The third-order valence-electron chi connectivity index (χ3n) is 3.14. The molecule has 0 spiro atoms. The molecule has 110 valence electrons. The number of benzene rings is 2. The number of nitrogens with one attached hydrogen (secondary N) is 1. The van der Waals surface area contributed by atoms with E-state index in [1.54, 1.807) is 43.3 Å². The van der Waals surface area contributed by atoms with E-state index in [2.05, 4.69) is 5.32 Å². The Labute approximate surface area is 122 Å². The summed E-state index contributed by atoms with van der Waals surface area (Å²) in [5, 5.41) is 12.2. The molecule has 2 rings (SSSR count). The van der Waals surface area contributed by atoms with Crippen molar-refractivity contribution < 1.29 is 14.3 Å². The van der Waals surface area contributed by atoms with Gasteiger partial charge in [-0.15, -0.1) is 0 Å². The fraction of sp³-hybridized carbons (Fsp3) is 0.188. The van der Waals surface area contributed by atoms with Crippen molar-refractivity contribution >= 4 is 17.4 Å². The summed E-state index contributed by atoms with van der Waals surface area (Å²) >= 11 is 0. The van der Waals surface area contributed by atoms with Gasteiger partial charge >= 0.3 is 6.03 Å². The molecule has 2 N–H and O–H groups in total. The molecule has 2 aromatic rings. The van der Waals surface area contributed by atoms with Crippen LogP contribution in [0.1, 0.15) is 18.6 Å². The van der Waals surface area contributed by atoms with E-state index in [0.717, 1.165) is 0 Å². The van der Waals surface area contributed by atoms with Crippen LogP contribution in [0.4, 0.5) is 20.6 Å². The van der Waals surface area contributed by atoms with Crippen LogP contribution in [0.3, 0.4) is 0 Å². The molecular weight excluding hydrogens is 271 g/mol. The first-order valence-corrected chi connectivity index (χ1v) is 6.56. The Morgan fingerprint density at radius 1 is 1.24 bits per heavy atom. The average molecular weight is 288 g/mol. The molecule has 2 amide bonds. The number of anilines is 2. The lowest BCUT2D eigenvalue weighted by Crippen LogP contribution is -2.31. The lowest BCUT2D eigenvalue weighted by Gasteiger charge is -2.19. The Bertz CT molecular complexity index is 644. The molecule has 0 bridgehead atoms. The number of halogens is 1. The quantitative estimate of drug-likeness (QED) is 0.907. The van der Waals surface area contributed by atoms with E-state index >= 15 is 0 Å². The van der Waals surface area contributed by atoms with Gasteiger partial charge < -0.3 is 10.4 Å². The van der Waals surface area contributed by atoms with Gasteiger partial charge in [0.25, 0.3) is 0 Å². The van der Waals surface area contributed by atoms with Gasteiger partial charge in [-0.05, 0) is 36.8 Å². The van der Waals surface area contributed by atoms with Gasteiger partial charge in [0.2, 0.25) is 0 Å². The van der Waals surface area contributed by atoms with Crippen molar-refractivity contribution in [3.05, 3.63) is 59.9 Å². The lowest BCUT2D eigenvalue weighted by atomic mass is 10.1. The molecule has 0 fully saturated rings. The van der Waals surface area contributed by atoms with Crippen LogP contribution < -0.4 is 10.2 Å². The van der Waals surface area contributed by atoms with E-state index in [1.165, 1.54) is 24.1 Å². The molecule has 4 nitrogen and oxygen atoms in total. The fourth-order valence-electron chi connectivity index (χ4n) is 1.92. The van der Waals surface area contributed by atoms with Gasteiger partial charge in [-0.1, -0.05) is 24.3 Å². The molecule has 5 heteroatoms. The average Bonchev–Trinajstić information content (AvgIpc) is 2.47. The maximum Gasteiger partial charge on any atom is 0.326 e. The molecule has 0 saturated carbocycles. The van der Waals surface area contributed by atoms with Crippen molar-refractivity contribution in [1.29, 1.82) is 0 Å². The Balaban J connectivity index is 2.14. The SMILES string of the molecule is CC(O)c1cccc(NC(=O)N(C)c2ccccc2F)c1. The maximum atomic E-state index is 13.7. The number of carbonyl (C=O) groups excluding carboxylic acids is 1. The second kappa shape index (κ2) is 6.37. The molecule has 0 aliphatic rings. The van der Waals surface area contributed by atoms with Gasteiger partial charge in [-0.2, -0.15) is 0 Å². The van der Waals surface area contributed by atoms with Crippen LogP contribution in [0.2, 0.25) is 0 Å². The summed E-state index contributed by atoms with van der Waals surface area (Å²) < 4.78 is 13.7. The lowest BCUT2D eigenvalue weighted by molar-refractivity contribution is 0.199. The van der Waals surface area contributed by atoms with Crippen molar-refractivity contribution in [2.75, 3.05) is 17.3 Å². The fourth-order valence-corrected chi connectivity index (χ4v) is 1.92. The number of aliphatic hydroxyl groups is 1. The minimum absolute atomic E-state index is 0.196. The summed E-state index contributed by atoms with van der Waals surface area (Å²) in [7, 11) is 1.49. The highest BCUT2D eigenvalue weighted by Crippen LogP contribution is 2.20. The van der Waals surface area contributed by atoms with Gasteiger partial charge in [-0.25, -0.2) is 9.18 Å². The van der Waals surface area contributed by atoms with E-state index in [0.29, 0.717) is 11.3 Å². The topological polar surface area (TPSA) is 52.6 Å². The van der Waals surface area contributed by atoms with Crippen LogP contribution in [0, 0.1) is 5.82 Å². The zero-order chi connectivity index (χ0) is 15.4. The number of rotatable bonds is 3. The Morgan fingerprint density at radius 3 is 2.62 bits per heavy atom. The van der Waals surface area contributed by atoms with Crippen LogP contribution in [0.25, 0.3) is 0 Å². The van der Waals surface area contributed by atoms with E-state index < -0.39 is 18.0 Å². The van der Waals surface area contributed by atoms with Crippen molar-refractivity contribution in [3.8, 4) is 0 Å². The summed E-state index contributed by atoms with van der Waals surface area (Å²) in [4.78, 5) is 13.3. The molecule has 0 radical (unpaired) electrons. The third-order valence-corrected chi connectivity index (χ3v) is 3.14. The van der Waals surface area contributed by atoms with Gasteiger partial charge in [0.05, 0.1) is 11.8 Å². The summed E-state index contributed by atoms with van der Waals surface area (Å²) in [6, 6.07) is 12.5. The molecule has 1 unspecified atom stereocenters. The van der Waals surface area contributed by atoms with Gasteiger partial charge in [-0.3, -0.25) is 4.90 Å². The van der Waals surface area contributed by atoms with Crippen molar-refractivity contribution in [1.82, 2.24) is 0 Å². The number of urea groups is 1. The number of aliphatic hydroxyl groups excluding tert-OH is 1. The third kappa shape index (κ3) is 3.58. The molecule has 0 aliphatic heterocycles. The molecule has 0 aromatic heterocycles. The van der Waals surface area contributed by atoms with Crippen LogP contribution in [-0.4, -0.2) is 18.2 Å². The van der Waals surface area contributed by atoms with E-state index in [1.807, 2.05) is 0 Å². The number of hydrogen-bond acceptors (Lipinski definition) is 2. The first-order valence-electron chi connectivity index (χ1n) is 6.56. The van der Waals surface area contributed by atoms with Crippen molar-refractivity contribution in [3.63, 3.8) is 0 Å². The Hall–Kier alpha value is -2.40. The first kappa shape index (κ1) is 15.0. The summed E-state index contributed by atoms with van der Waals surface area (Å²) in [5.41, 5.74) is 1.43. The maximum absolute atomic E-state index is 13.7. The molecule has 0 aliphatic carbocycles. The molecule has 0 heterocycles. The predicted octanol–water partition coefficient (Wildman–Crippen LogP) is 3.55. The highest BCUT2D eigenvalue weighted by atomic mass is 19.1. The standard InChI is InChI=1S/C16H17FN2O2/c1-11(20)12-6-5-7-13(10-12)18-16(21)19(2)15-9-4-3-8-14(15)17/h3-11,20H,1-2H3,(H,18,21). The Morgan fingerprint density at radius 2 is 1.95 bits per heavy atom. The van der Waals surface area contributed by atoms with Crippen molar-refractivity contribution in [2.24, 2.45) is 0 Å². The zero-order valence-corrected chi connectivity index (χ0v) is 11.9. The van der Waals surface area contributed by atoms with E-state index in [4.69, 9.17) is 0 Å². The summed E-state index contributed by atoms with van der Waals surface area (Å²) in [5.74, 6) is -0.465. The van der Waals surface area contributed by atoms with E-state index in [-0.39, 0.29) is 5.69 Å². The highest BCUT2D eigenvalue weighted by molar-refractivity contribution is 6.01. The smallest absolute Gasteiger partial charge is 0.326 e. The second-order valence-electron chi connectivity index (χ2n) is 4.74. The van der Waals surface area contributed by atoms with Gasteiger partial charge in [0.1, 0.15) is 5.82 Å². The summed E-state index contributed by atoms with van der Waals surface area (Å²) in [6.45, 7) is 1.65. The van der Waals surface area contributed by atoms with Gasteiger partial charge in [0, 0.05) is 12.7 Å². The molecule has 0 saturated heterocycles. The minimum atomic E-state index is -0.619. The zero-order valence-electron chi connectivity index (χ0n) is 11.9. The van der Waals surface area contributed by atoms with Crippen LogP contribution >= 0.6 is 0 Å². The largest absolute Gasteiger partial charge is 0.389 e. The molecule has 1 atom stereocenters. The number of amides is 2. The number of hydrogen-bond donors (Lipinski definition) is 2. The molecule has 2 aromatic carbocycles.